The standard InChI is InChI=1S/C11H16N6O/c1-3-18-9-4-5-13-11(16-9)14-6-8-7-15-17(2)10(8)12/h4-5,7H,3,6,12H2,1-2H3,(H,13,14,16). The zero-order valence-electron chi connectivity index (χ0n) is 10.4. The molecular weight excluding hydrogens is 232 g/mol. The van der Waals surface area contributed by atoms with Crippen LogP contribution in [-0.4, -0.2) is 26.4 Å². The maximum absolute atomic E-state index is 5.84. The minimum atomic E-state index is 0.504. The number of nitrogens with one attached hydrogen (secondary N) is 1. The minimum absolute atomic E-state index is 0.504. The zero-order valence-corrected chi connectivity index (χ0v) is 10.4. The molecule has 18 heavy (non-hydrogen) atoms. The van der Waals surface area contributed by atoms with Gasteiger partial charge < -0.3 is 15.8 Å². The molecule has 0 unspecified atom stereocenters. The number of aromatic nitrogens is 4. The molecule has 3 N–H and O–H groups in total. The second-order valence-electron chi connectivity index (χ2n) is 3.68. The van der Waals surface area contributed by atoms with Crippen molar-refractivity contribution in [2.75, 3.05) is 17.7 Å². The average Bonchev–Trinajstić information content (AvgIpc) is 2.69. The molecule has 2 heterocycles. The number of nitrogen functional groups attached to an aromatic ring is 1. The Bertz CT molecular complexity index is 524. The Morgan fingerprint density at radius 1 is 1.50 bits per heavy atom. The van der Waals surface area contributed by atoms with Gasteiger partial charge >= 0.3 is 0 Å². The lowest BCUT2D eigenvalue weighted by Crippen LogP contribution is -2.07. The van der Waals surface area contributed by atoms with Crippen LogP contribution in [0.3, 0.4) is 0 Å². The van der Waals surface area contributed by atoms with E-state index in [0.717, 1.165) is 5.56 Å². The minimum Gasteiger partial charge on any atom is -0.478 e. The molecule has 0 spiro atoms. The number of rotatable bonds is 5. The molecule has 0 aliphatic heterocycles. The molecule has 0 saturated carbocycles. The molecule has 2 aromatic rings. The fraction of sp³-hybridized carbons (Fsp3) is 0.364. The molecule has 7 nitrogen and oxygen atoms in total. The lowest BCUT2D eigenvalue weighted by Gasteiger charge is -2.06. The van der Waals surface area contributed by atoms with Gasteiger partial charge in [-0.05, 0) is 6.92 Å². The van der Waals surface area contributed by atoms with E-state index in [1.54, 1.807) is 30.2 Å². The van der Waals surface area contributed by atoms with E-state index in [0.29, 0.717) is 30.8 Å². The largest absolute Gasteiger partial charge is 0.478 e. The van der Waals surface area contributed by atoms with Crippen molar-refractivity contribution in [2.45, 2.75) is 13.5 Å². The van der Waals surface area contributed by atoms with E-state index in [-0.39, 0.29) is 0 Å². The fourth-order valence-corrected chi connectivity index (χ4v) is 1.46. The van der Waals surface area contributed by atoms with Crippen molar-refractivity contribution >= 4 is 11.8 Å². The summed E-state index contributed by atoms with van der Waals surface area (Å²) in [4.78, 5) is 8.30. The smallest absolute Gasteiger partial charge is 0.226 e. The average molecular weight is 248 g/mol. The Labute approximate surface area is 105 Å². The van der Waals surface area contributed by atoms with Crippen LogP contribution in [0.15, 0.2) is 18.5 Å². The quantitative estimate of drug-likeness (QED) is 0.813. The number of anilines is 2. The van der Waals surface area contributed by atoms with Gasteiger partial charge in [0.15, 0.2) is 0 Å². The van der Waals surface area contributed by atoms with Gasteiger partial charge in [0.05, 0.1) is 12.8 Å². The van der Waals surface area contributed by atoms with E-state index >= 15 is 0 Å². The number of hydrogen-bond acceptors (Lipinski definition) is 6. The van der Waals surface area contributed by atoms with Gasteiger partial charge in [0.25, 0.3) is 0 Å². The molecule has 0 amide bonds. The van der Waals surface area contributed by atoms with E-state index in [4.69, 9.17) is 10.5 Å². The van der Waals surface area contributed by atoms with Crippen molar-refractivity contribution < 1.29 is 4.74 Å². The van der Waals surface area contributed by atoms with Crippen molar-refractivity contribution in [3.05, 3.63) is 24.0 Å². The van der Waals surface area contributed by atoms with Crippen LogP contribution in [0.1, 0.15) is 12.5 Å². The summed E-state index contributed by atoms with van der Waals surface area (Å²) in [6, 6.07) is 1.72. The van der Waals surface area contributed by atoms with Crippen LogP contribution in [0.4, 0.5) is 11.8 Å². The summed E-state index contributed by atoms with van der Waals surface area (Å²) in [6.45, 7) is 3.01. The third-order valence-electron chi connectivity index (χ3n) is 2.42. The van der Waals surface area contributed by atoms with Crippen molar-refractivity contribution in [3.8, 4) is 5.88 Å². The summed E-state index contributed by atoms with van der Waals surface area (Å²) in [6.07, 6.45) is 3.36. The molecule has 2 aromatic heterocycles. The van der Waals surface area contributed by atoms with Crippen molar-refractivity contribution in [2.24, 2.45) is 7.05 Å². The normalized spacial score (nSPS) is 10.3. The Morgan fingerprint density at radius 3 is 3.00 bits per heavy atom. The maximum Gasteiger partial charge on any atom is 0.226 e. The molecule has 0 saturated heterocycles. The maximum atomic E-state index is 5.84. The summed E-state index contributed by atoms with van der Waals surface area (Å²) in [5.41, 5.74) is 6.74. The lowest BCUT2D eigenvalue weighted by molar-refractivity contribution is 0.326. The number of aryl methyl sites for hydroxylation is 1. The Hall–Kier alpha value is -2.31. The monoisotopic (exact) mass is 248 g/mol. The van der Waals surface area contributed by atoms with Crippen LogP contribution >= 0.6 is 0 Å². The number of hydrogen-bond donors (Lipinski definition) is 2. The van der Waals surface area contributed by atoms with E-state index < -0.39 is 0 Å². The van der Waals surface area contributed by atoms with Crippen LogP contribution < -0.4 is 15.8 Å². The molecule has 0 fully saturated rings. The van der Waals surface area contributed by atoms with Crippen molar-refractivity contribution in [1.82, 2.24) is 19.7 Å². The van der Waals surface area contributed by atoms with Crippen LogP contribution in [0, 0.1) is 0 Å². The van der Waals surface area contributed by atoms with Gasteiger partial charge in [-0.15, -0.1) is 0 Å². The summed E-state index contributed by atoms with van der Waals surface area (Å²) < 4.78 is 6.91. The summed E-state index contributed by atoms with van der Waals surface area (Å²) in [5, 5.41) is 7.14. The van der Waals surface area contributed by atoms with Gasteiger partial charge in [0, 0.05) is 31.4 Å². The van der Waals surface area contributed by atoms with Crippen molar-refractivity contribution in [1.29, 1.82) is 0 Å². The number of ether oxygens (including phenoxy) is 1. The van der Waals surface area contributed by atoms with Crippen LogP contribution in [0.2, 0.25) is 0 Å². The highest BCUT2D eigenvalue weighted by Gasteiger charge is 2.05. The predicted octanol–water partition coefficient (Wildman–Crippen LogP) is 0.803. The van der Waals surface area contributed by atoms with Gasteiger partial charge in [-0.2, -0.15) is 10.1 Å². The highest BCUT2D eigenvalue weighted by molar-refractivity contribution is 5.41. The summed E-state index contributed by atoms with van der Waals surface area (Å²) in [5.74, 6) is 1.68. The Balaban J connectivity index is 2.01. The van der Waals surface area contributed by atoms with Gasteiger partial charge in [0.1, 0.15) is 5.82 Å². The molecule has 2 rings (SSSR count). The summed E-state index contributed by atoms with van der Waals surface area (Å²) >= 11 is 0. The van der Waals surface area contributed by atoms with Gasteiger partial charge in [0.2, 0.25) is 11.8 Å². The predicted molar refractivity (Wildman–Crippen MR) is 68.1 cm³/mol. The zero-order chi connectivity index (χ0) is 13.0. The molecule has 0 bridgehead atoms. The first-order valence-corrected chi connectivity index (χ1v) is 5.66. The molecule has 0 aliphatic rings. The van der Waals surface area contributed by atoms with Gasteiger partial charge in [-0.25, -0.2) is 4.98 Å². The molecule has 0 atom stereocenters. The fourth-order valence-electron chi connectivity index (χ4n) is 1.46. The molecule has 0 aromatic carbocycles. The van der Waals surface area contributed by atoms with Gasteiger partial charge in [-0.1, -0.05) is 0 Å². The first-order chi connectivity index (χ1) is 8.70. The molecule has 96 valence electrons. The molecule has 0 radical (unpaired) electrons. The van der Waals surface area contributed by atoms with E-state index in [2.05, 4.69) is 20.4 Å². The third-order valence-corrected chi connectivity index (χ3v) is 2.42. The topological polar surface area (TPSA) is 90.9 Å². The SMILES string of the molecule is CCOc1ccnc(NCc2cnn(C)c2N)n1. The Kier molecular flexibility index (Phi) is 3.61. The van der Waals surface area contributed by atoms with Crippen LogP contribution in [0.5, 0.6) is 5.88 Å². The second kappa shape index (κ2) is 5.35. The van der Waals surface area contributed by atoms with E-state index in [1.807, 2.05) is 6.92 Å². The lowest BCUT2D eigenvalue weighted by atomic mass is 10.3. The number of nitrogens with zero attached hydrogens (tertiary/aromatic N) is 4. The number of nitrogens with two attached hydrogens (primary N) is 1. The van der Waals surface area contributed by atoms with E-state index in [9.17, 15) is 0 Å². The molecule has 7 heteroatoms. The Morgan fingerprint density at radius 2 is 2.33 bits per heavy atom. The van der Waals surface area contributed by atoms with Crippen molar-refractivity contribution in [3.63, 3.8) is 0 Å². The second-order valence-corrected chi connectivity index (χ2v) is 3.68. The third kappa shape index (κ3) is 2.68. The van der Waals surface area contributed by atoms with Gasteiger partial charge in [-0.3, -0.25) is 4.68 Å². The van der Waals surface area contributed by atoms with E-state index in [1.165, 1.54) is 0 Å². The highest BCUT2D eigenvalue weighted by atomic mass is 16.5. The molecule has 0 aliphatic carbocycles. The van der Waals surface area contributed by atoms with Crippen LogP contribution in [-0.2, 0) is 13.6 Å². The molecular formula is C11H16N6O. The van der Waals surface area contributed by atoms with Crippen LogP contribution in [0.25, 0.3) is 0 Å². The first kappa shape index (κ1) is 12.2. The first-order valence-electron chi connectivity index (χ1n) is 5.66. The highest BCUT2D eigenvalue weighted by Crippen LogP contribution is 2.12. The summed E-state index contributed by atoms with van der Waals surface area (Å²) in [7, 11) is 1.80.